The van der Waals surface area contributed by atoms with E-state index in [2.05, 4.69) is 21.9 Å². The molecule has 0 aliphatic rings. The molecule has 3 aromatic heterocycles. The molecular weight excluding hydrogens is 328 g/mol. The largest absolute Gasteiger partial charge is 0.334 e. The third-order valence-electron chi connectivity index (χ3n) is 3.25. The van der Waals surface area contributed by atoms with Gasteiger partial charge in [-0.25, -0.2) is 9.97 Å². The maximum absolute atomic E-state index is 12.5. The number of rotatable bonds is 5. The maximum atomic E-state index is 12.5. The number of hydrogen-bond acceptors (Lipinski definition) is 6. The topological polar surface area (TPSA) is 59.0 Å². The number of carbonyl (C=O) groups is 1. The fourth-order valence-electron chi connectivity index (χ4n) is 2.07. The van der Waals surface area contributed by atoms with Crippen LogP contribution in [0.15, 0.2) is 35.2 Å². The Labute approximate surface area is 142 Å². The molecule has 0 unspecified atom stereocenters. The first-order chi connectivity index (χ1) is 11.2. The quantitative estimate of drug-likeness (QED) is 0.711. The summed E-state index contributed by atoms with van der Waals surface area (Å²) in [6.07, 6.45) is 2.64. The molecule has 0 atom stereocenters. The van der Waals surface area contributed by atoms with Crippen molar-refractivity contribution in [1.29, 1.82) is 0 Å². The summed E-state index contributed by atoms with van der Waals surface area (Å²) in [5, 5.41) is 5.63. The van der Waals surface area contributed by atoms with E-state index in [4.69, 9.17) is 0 Å². The Morgan fingerprint density at radius 2 is 2.09 bits per heavy atom. The first kappa shape index (κ1) is 15.8. The zero-order chi connectivity index (χ0) is 16.2. The standard InChI is InChI=1S/C16H16N4OS2/c1-3-14-18-11(9-22-14)8-20(2)16(21)13-10-23-15(19-13)12-6-4-5-7-17-12/h4-7,9-10H,3,8H2,1-2H3. The Hall–Kier alpha value is -2.12. The van der Waals surface area contributed by atoms with Crippen LogP contribution in [0.2, 0.25) is 0 Å². The van der Waals surface area contributed by atoms with E-state index in [0.29, 0.717) is 12.2 Å². The highest BCUT2D eigenvalue weighted by Gasteiger charge is 2.17. The van der Waals surface area contributed by atoms with Crippen LogP contribution in [0.25, 0.3) is 10.7 Å². The molecule has 118 valence electrons. The monoisotopic (exact) mass is 344 g/mol. The van der Waals surface area contributed by atoms with Gasteiger partial charge in [-0.05, 0) is 18.6 Å². The van der Waals surface area contributed by atoms with Crippen molar-refractivity contribution in [2.45, 2.75) is 19.9 Å². The van der Waals surface area contributed by atoms with E-state index >= 15 is 0 Å². The van der Waals surface area contributed by atoms with E-state index < -0.39 is 0 Å². The molecule has 0 aromatic carbocycles. The Morgan fingerprint density at radius 1 is 1.22 bits per heavy atom. The van der Waals surface area contributed by atoms with E-state index in [1.165, 1.54) is 11.3 Å². The Morgan fingerprint density at radius 3 is 2.78 bits per heavy atom. The van der Waals surface area contributed by atoms with Gasteiger partial charge in [0.05, 0.1) is 22.9 Å². The Balaban J connectivity index is 1.71. The zero-order valence-electron chi connectivity index (χ0n) is 12.9. The average Bonchev–Trinajstić information content (AvgIpc) is 3.24. The minimum Gasteiger partial charge on any atom is -0.334 e. The number of hydrogen-bond donors (Lipinski definition) is 0. The minimum atomic E-state index is -0.102. The SMILES string of the molecule is CCc1nc(CN(C)C(=O)c2csc(-c3ccccn3)n2)cs1. The van der Waals surface area contributed by atoms with Gasteiger partial charge in [0.15, 0.2) is 0 Å². The summed E-state index contributed by atoms with van der Waals surface area (Å²) in [6.45, 7) is 2.57. The first-order valence-electron chi connectivity index (χ1n) is 7.23. The van der Waals surface area contributed by atoms with Crippen LogP contribution >= 0.6 is 22.7 Å². The summed E-state index contributed by atoms with van der Waals surface area (Å²) in [5.41, 5.74) is 2.15. The molecule has 0 radical (unpaired) electrons. The van der Waals surface area contributed by atoms with E-state index in [1.807, 2.05) is 23.6 Å². The molecule has 0 N–H and O–H groups in total. The van der Waals surface area contributed by atoms with Gasteiger partial charge in [0.25, 0.3) is 5.91 Å². The molecule has 0 bridgehead atoms. The van der Waals surface area contributed by atoms with Crippen LogP contribution < -0.4 is 0 Å². The predicted octanol–water partition coefficient (Wildman–Crippen LogP) is 3.50. The van der Waals surface area contributed by atoms with Gasteiger partial charge < -0.3 is 4.90 Å². The highest BCUT2D eigenvalue weighted by Crippen LogP contribution is 2.22. The van der Waals surface area contributed by atoms with Crippen molar-refractivity contribution >= 4 is 28.6 Å². The van der Waals surface area contributed by atoms with Crippen LogP contribution in [0, 0.1) is 0 Å². The van der Waals surface area contributed by atoms with E-state index in [9.17, 15) is 4.79 Å². The number of amides is 1. The molecule has 0 saturated carbocycles. The van der Waals surface area contributed by atoms with Gasteiger partial charge in [0.2, 0.25) is 0 Å². The van der Waals surface area contributed by atoms with E-state index in [-0.39, 0.29) is 5.91 Å². The summed E-state index contributed by atoms with van der Waals surface area (Å²) in [6, 6.07) is 5.65. The molecule has 3 heterocycles. The molecule has 7 heteroatoms. The van der Waals surface area contributed by atoms with Gasteiger partial charge in [0, 0.05) is 24.0 Å². The van der Waals surface area contributed by atoms with Crippen molar-refractivity contribution in [1.82, 2.24) is 19.9 Å². The zero-order valence-corrected chi connectivity index (χ0v) is 14.5. The third-order valence-corrected chi connectivity index (χ3v) is 5.16. The summed E-state index contributed by atoms with van der Waals surface area (Å²) in [5.74, 6) is -0.102. The fourth-order valence-corrected chi connectivity index (χ4v) is 3.58. The Kier molecular flexibility index (Phi) is 4.78. The lowest BCUT2D eigenvalue weighted by molar-refractivity contribution is 0.0778. The van der Waals surface area contributed by atoms with Crippen molar-refractivity contribution in [2.75, 3.05) is 7.05 Å². The van der Waals surface area contributed by atoms with E-state index in [1.54, 1.807) is 34.9 Å². The molecule has 1 amide bonds. The van der Waals surface area contributed by atoms with Crippen LogP contribution in [0.3, 0.4) is 0 Å². The molecule has 0 saturated heterocycles. The number of carbonyl (C=O) groups excluding carboxylic acids is 1. The Bertz CT molecular complexity index is 797. The van der Waals surface area contributed by atoms with Gasteiger partial charge in [-0.3, -0.25) is 9.78 Å². The molecule has 3 rings (SSSR count). The van der Waals surface area contributed by atoms with Gasteiger partial charge in [-0.2, -0.15) is 0 Å². The number of thiazole rings is 2. The average molecular weight is 344 g/mol. The molecule has 0 spiro atoms. The molecule has 0 aliphatic carbocycles. The molecule has 3 aromatic rings. The van der Waals surface area contributed by atoms with Gasteiger partial charge in [0.1, 0.15) is 10.7 Å². The first-order valence-corrected chi connectivity index (χ1v) is 8.99. The summed E-state index contributed by atoms with van der Waals surface area (Å²) < 4.78 is 0. The maximum Gasteiger partial charge on any atom is 0.273 e. The number of nitrogens with zero attached hydrogens (tertiary/aromatic N) is 4. The van der Waals surface area contributed by atoms with Crippen molar-refractivity contribution < 1.29 is 4.79 Å². The molecule has 5 nitrogen and oxygen atoms in total. The minimum absolute atomic E-state index is 0.102. The van der Waals surface area contributed by atoms with Crippen molar-refractivity contribution in [3.05, 3.63) is 51.6 Å². The normalized spacial score (nSPS) is 10.7. The van der Waals surface area contributed by atoms with Crippen molar-refractivity contribution in [3.8, 4) is 10.7 Å². The second-order valence-electron chi connectivity index (χ2n) is 5.00. The van der Waals surface area contributed by atoms with Crippen LogP contribution in [0.5, 0.6) is 0 Å². The number of aromatic nitrogens is 3. The van der Waals surface area contributed by atoms with Crippen molar-refractivity contribution in [2.24, 2.45) is 0 Å². The molecule has 0 aliphatic heterocycles. The summed E-state index contributed by atoms with van der Waals surface area (Å²) in [4.78, 5) is 27.3. The van der Waals surface area contributed by atoms with Crippen LogP contribution in [-0.4, -0.2) is 32.8 Å². The molecule has 0 fully saturated rings. The highest BCUT2D eigenvalue weighted by molar-refractivity contribution is 7.13. The molecular formula is C16H16N4OS2. The lowest BCUT2D eigenvalue weighted by atomic mass is 10.3. The smallest absolute Gasteiger partial charge is 0.273 e. The van der Waals surface area contributed by atoms with Gasteiger partial charge in [-0.1, -0.05) is 13.0 Å². The second-order valence-corrected chi connectivity index (χ2v) is 6.80. The number of aryl methyl sites for hydroxylation is 1. The third kappa shape index (κ3) is 3.62. The van der Waals surface area contributed by atoms with Crippen LogP contribution in [-0.2, 0) is 13.0 Å². The number of pyridine rings is 1. The van der Waals surface area contributed by atoms with Gasteiger partial charge in [-0.15, -0.1) is 22.7 Å². The molecule has 23 heavy (non-hydrogen) atoms. The van der Waals surface area contributed by atoms with E-state index in [0.717, 1.165) is 27.8 Å². The van der Waals surface area contributed by atoms with Crippen LogP contribution in [0.4, 0.5) is 0 Å². The summed E-state index contributed by atoms with van der Waals surface area (Å²) >= 11 is 3.06. The van der Waals surface area contributed by atoms with Crippen LogP contribution in [0.1, 0.15) is 28.1 Å². The predicted molar refractivity (Wildman–Crippen MR) is 92.6 cm³/mol. The summed E-state index contributed by atoms with van der Waals surface area (Å²) in [7, 11) is 1.77. The second kappa shape index (κ2) is 6.97. The van der Waals surface area contributed by atoms with Gasteiger partial charge >= 0.3 is 0 Å². The van der Waals surface area contributed by atoms with Crippen molar-refractivity contribution in [3.63, 3.8) is 0 Å². The lowest BCUT2D eigenvalue weighted by Crippen LogP contribution is -2.26. The highest BCUT2D eigenvalue weighted by atomic mass is 32.1. The fraction of sp³-hybridized carbons (Fsp3) is 0.250. The lowest BCUT2D eigenvalue weighted by Gasteiger charge is -2.14.